The van der Waals surface area contributed by atoms with Gasteiger partial charge in [-0.2, -0.15) is 0 Å². The van der Waals surface area contributed by atoms with Crippen molar-refractivity contribution in [3.8, 4) is 0 Å². The molecule has 0 atom stereocenters. The number of sulfonamides is 1. The number of anilines is 1. The number of aryl methyl sites for hydroxylation is 1. The molecule has 0 radical (unpaired) electrons. The van der Waals surface area contributed by atoms with Crippen LogP contribution in [0.5, 0.6) is 0 Å². The normalized spacial score (nSPS) is 11.3. The summed E-state index contributed by atoms with van der Waals surface area (Å²) in [5.41, 5.74) is 0.123. The molecule has 2 aromatic carbocycles. The molecule has 0 heterocycles. The largest absolute Gasteiger partial charge is 0.320 e. The van der Waals surface area contributed by atoms with Crippen LogP contribution < -0.4 is 10.0 Å². The van der Waals surface area contributed by atoms with E-state index in [1.165, 1.54) is 12.1 Å². The smallest absolute Gasteiger partial charge is 0.241 e. The van der Waals surface area contributed by atoms with Gasteiger partial charge in [0.25, 0.3) is 0 Å². The van der Waals surface area contributed by atoms with Crippen LogP contribution in [-0.2, 0) is 14.8 Å². The van der Waals surface area contributed by atoms with Crippen LogP contribution in [0.2, 0.25) is 0 Å². The lowest BCUT2D eigenvalue weighted by atomic mass is 10.2. The van der Waals surface area contributed by atoms with Gasteiger partial charge < -0.3 is 5.32 Å². The Morgan fingerprint density at radius 1 is 1.09 bits per heavy atom. The number of rotatable bonds is 5. The van der Waals surface area contributed by atoms with E-state index in [4.69, 9.17) is 0 Å². The maximum Gasteiger partial charge on any atom is 0.241 e. The van der Waals surface area contributed by atoms with Crippen molar-refractivity contribution in [3.05, 3.63) is 59.7 Å². The summed E-state index contributed by atoms with van der Waals surface area (Å²) in [5.74, 6) is -2.77. The number of carbonyl (C=O) groups is 1. The minimum absolute atomic E-state index is 0.00220. The second kappa shape index (κ2) is 6.84. The molecular formula is C15H14F2N2O3S. The van der Waals surface area contributed by atoms with Gasteiger partial charge in [-0.25, -0.2) is 21.9 Å². The molecule has 0 aliphatic rings. The molecule has 23 heavy (non-hydrogen) atoms. The number of amides is 1. The second-order valence-electron chi connectivity index (χ2n) is 4.79. The fourth-order valence-corrected chi connectivity index (χ4v) is 2.91. The van der Waals surface area contributed by atoms with Gasteiger partial charge in [0.2, 0.25) is 15.9 Å². The van der Waals surface area contributed by atoms with Gasteiger partial charge in [0.05, 0.1) is 11.4 Å². The number of carbonyl (C=O) groups excluding carboxylic acids is 1. The van der Waals surface area contributed by atoms with Crippen molar-refractivity contribution in [1.82, 2.24) is 4.72 Å². The average Bonchev–Trinajstić information content (AvgIpc) is 2.49. The van der Waals surface area contributed by atoms with Gasteiger partial charge in [0.15, 0.2) is 0 Å². The van der Waals surface area contributed by atoms with Gasteiger partial charge in [-0.3, -0.25) is 4.79 Å². The minimum atomic E-state index is -3.89. The highest BCUT2D eigenvalue weighted by atomic mass is 32.2. The molecular weight excluding hydrogens is 326 g/mol. The van der Waals surface area contributed by atoms with Crippen molar-refractivity contribution in [3.63, 3.8) is 0 Å². The molecule has 0 aliphatic carbocycles. The van der Waals surface area contributed by atoms with E-state index >= 15 is 0 Å². The van der Waals surface area contributed by atoms with Crippen molar-refractivity contribution in [2.24, 2.45) is 0 Å². The summed E-state index contributed by atoms with van der Waals surface area (Å²) in [6.45, 7) is 1.08. The lowest BCUT2D eigenvalue weighted by Crippen LogP contribution is -2.33. The molecule has 8 heteroatoms. The highest BCUT2D eigenvalue weighted by molar-refractivity contribution is 7.89. The van der Waals surface area contributed by atoms with Crippen LogP contribution >= 0.6 is 0 Å². The van der Waals surface area contributed by atoms with Crippen molar-refractivity contribution in [2.75, 3.05) is 11.9 Å². The maximum atomic E-state index is 13.4. The number of nitrogens with one attached hydrogen (secondary N) is 2. The fraction of sp³-hybridized carbons (Fsp3) is 0.133. The standard InChI is InChI=1S/C15H14F2N2O3S/c1-10-4-2-5-11(8-10)23(21,22)18-9-14(20)19-15-12(16)6-3-7-13(15)17/h2-8,18H,9H2,1H3,(H,19,20). The lowest BCUT2D eigenvalue weighted by molar-refractivity contribution is -0.115. The van der Waals surface area contributed by atoms with E-state index < -0.39 is 39.8 Å². The molecule has 0 spiro atoms. The molecule has 122 valence electrons. The Labute approximate surface area is 132 Å². The van der Waals surface area contributed by atoms with Crippen LogP contribution in [0.4, 0.5) is 14.5 Å². The highest BCUT2D eigenvalue weighted by Gasteiger charge is 2.17. The van der Waals surface area contributed by atoms with E-state index in [1.54, 1.807) is 19.1 Å². The summed E-state index contributed by atoms with van der Waals surface area (Å²) in [6, 6.07) is 9.23. The first-order chi connectivity index (χ1) is 10.8. The van der Waals surface area contributed by atoms with Crippen LogP contribution in [0, 0.1) is 18.6 Å². The Hall–Kier alpha value is -2.32. The third kappa shape index (κ3) is 4.33. The van der Waals surface area contributed by atoms with Gasteiger partial charge >= 0.3 is 0 Å². The summed E-state index contributed by atoms with van der Waals surface area (Å²) in [4.78, 5) is 11.7. The molecule has 0 aliphatic heterocycles. The zero-order chi connectivity index (χ0) is 17.0. The Kier molecular flexibility index (Phi) is 5.07. The average molecular weight is 340 g/mol. The van der Waals surface area contributed by atoms with Crippen LogP contribution in [0.3, 0.4) is 0 Å². The number of para-hydroxylation sites is 1. The SMILES string of the molecule is Cc1cccc(S(=O)(=O)NCC(=O)Nc2c(F)cccc2F)c1. The Morgan fingerprint density at radius 2 is 1.70 bits per heavy atom. The van der Waals surface area contributed by atoms with E-state index in [-0.39, 0.29) is 4.90 Å². The van der Waals surface area contributed by atoms with Gasteiger partial charge in [-0.05, 0) is 36.8 Å². The summed E-state index contributed by atoms with van der Waals surface area (Å²) in [5, 5.41) is 2.00. The quantitative estimate of drug-likeness (QED) is 0.876. The third-order valence-electron chi connectivity index (χ3n) is 2.95. The molecule has 0 saturated carbocycles. The van der Waals surface area contributed by atoms with Crippen molar-refractivity contribution < 1.29 is 22.0 Å². The first-order valence-corrected chi connectivity index (χ1v) is 8.08. The van der Waals surface area contributed by atoms with Crippen LogP contribution in [0.1, 0.15) is 5.56 Å². The molecule has 0 aromatic heterocycles. The van der Waals surface area contributed by atoms with E-state index in [0.717, 1.165) is 23.8 Å². The van der Waals surface area contributed by atoms with Crippen LogP contribution in [-0.4, -0.2) is 20.9 Å². The monoisotopic (exact) mass is 340 g/mol. The predicted molar refractivity (Wildman–Crippen MR) is 81.4 cm³/mol. The van der Waals surface area contributed by atoms with E-state index in [1.807, 2.05) is 5.32 Å². The van der Waals surface area contributed by atoms with Gasteiger partial charge in [0.1, 0.15) is 17.3 Å². The van der Waals surface area contributed by atoms with E-state index in [2.05, 4.69) is 4.72 Å². The molecule has 2 aromatic rings. The molecule has 0 bridgehead atoms. The summed E-state index contributed by atoms with van der Waals surface area (Å²) in [7, 11) is -3.89. The second-order valence-corrected chi connectivity index (χ2v) is 6.55. The number of benzene rings is 2. The van der Waals surface area contributed by atoms with Crippen LogP contribution in [0.15, 0.2) is 47.4 Å². The summed E-state index contributed by atoms with van der Waals surface area (Å²) >= 11 is 0. The minimum Gasteiger partial charge on any atom is -0.320 e. The summed E-state index contributed by atoms with van der Waals surface area (Å²) < 4.78 is 53.0. The van der Waals surface area contributed by atoms with Gasteiger partial charge in [-0.1, -0.05) is 18.2 Å². The van der Waals surface area contributed by atoms with E-state index in [9.17, 15) is 22.0 Å². The van der Waals surface area contributed by atoms with Crippen molar-refractivity contribution >= 4 is 21.6 Å². The molecule has 1 amide bonds. The zero-order valence-corrected chi connectivity index (χ0v) is 13.0. The Morgan fingerprint density at radius 3 is 2.30 bits per heavy atom. The zero-order valence-electron chi connectivity index (χ0n) is 12.1. The van der Waals surface area contributed by atoms with E-state index in [0.29, 0.717) is 0 Å². The first-order valence-electron chi connectivity index (χ1n) is 6.60. The number of halogens is 2. The molecule has 2 rings (SSSR count). The highest BCUT2D eigenvalue weighted by Crippen LogP contribution is 2.17. The van der Waals surface area contributed by atoms with Crippen LogP contribution in [0.25, 0.3) is 0 Å². The van der Waals surface area contributed by atoms with Crippen molar-refractivity contribution in [2.45, 2.75) is 11.8 Å². The Balaban J connectivity index is 2.04. The molecule has 0 unspecified atom stereocenters. The summed E-state index contributed by atoms with van der Waals surface area (Å²) in [6.07, 6.45) is 0. The first kappa shape index (κ1) is 17.0. The van der Waals surface area contributed by atoms with Crippen molar-refractivity contribution in [1.29, 1.82) is 0 Å². The molecule has 0 fully saturated rings. The fourth-order valence-electron chi connectivity index (χ4n) is 1.83. The molecule has 5 nitrogen and oxygen atoms in total. The third-order valence-corrected chi connectivity index (χ3v) is 4.35. The number of hydrogen-bond donors (Lipinski definition) is 2. The van der Waals surface area contributed by atoms with Gasteiger partial charge in [0, 0.05) is 0 Å². The predicted octanol–water partition coefficient (Wildman–Crippen LogP) is 2.19. The van der Waals surface area contributed by atoms with Gasteiger partial charge in [-0.15, -0.1) is 0 Å². The lowest BCUT2D eigenvalue weighted by Gasteiger charge is -2.09. The number of hydrogen-bond acceptors (Lipinski definition) is 3. The topological polar surface area (TPSA) is 75.3 Å². The maximum absolute atomic E-state index is 13.4. The molecule has 0 saturated heterocycles. The molecule has 2 N–H and O–H groups in total. The Bertz CT molecular complexity index is 818.